The highest BCUT2D eigenvalue weighted by atomic mass is 32.2. The molecule has 0 aromatic heterocycles. The van der Waals surface area contributed by atoms with Gasteiger partial charge in [-0.25, -0.2) is 0 Å². The van der Waals surface area contributed by atoms with Gasteiger partial charge in [-0.1, -0.05) is 109 Å². The van der Waals surface area contributed by atoms with Crippen LogP contribution in [0.1, 0.15) is 130 Å². The van der Waals surface area contributed by atoms with Crippen molar-refractivity contribution in [3.05, 3.63) is 0 Å². The summed E-state index contributed by atoms with van der Waals surface area (Å²) in [6.45, 7) is 9.78. The van der Waals surface area contributed by atoms with Gasteiger partial charge in [0.15, 0.2) is 5.12 Å². The third-order valence-electron chi connectivity index (χ3n) is 5.49. The first-order valence-corrected chi connectivity index (χ1v) is 16.1. The summed E-state index contributed by atoms with van der Waals surface area (Å²) in [7, 11) is -2.71. The number of carbonyl (C=O) groups excluding carboxylic acids is 1. The van der Waals surface area contributed by atoms with E-state index in [0.29, 0.717) is 31.6 Å². The molecule has 0 aliphatic carbocycles. The molecule has 0 aromatic rings. The van der Waals surface area contributed by atoms with Crippen LogP contribution in [0.15, 0.2) is 0 Å². The van der Waals surface area contributed by atoms with Crippen LogP contribution in [0, 0.1) is 0 Å². The topological polar surface area (TPSA) is 44.8 Å². The summed E-state index contributed by atoms with van der Waals surface area (Å²) >= 11 is 1.34. The third-order valence-corrected chi connectivity index (χ3v) is 10.2. The van der Waals surface area contributed by atoms with Crippen molar-refractivity contribution in [2.24, 2.45) is 0 Å². The van der Waals surface area contributed by atoms with Crippen LogP contribution < -0.4 is 0 Å². The van der Waals surface area contributed by atoms with Gasteiger partial charge in [-0.15, -0.1) is 0 Å². The van der Waals surface area contributed by atoms with E-state index in [4.69, 9.17) is 13.3 Å². The van der Waals surface area contributed by atoms with Crippen LogP contribution in [0.5, 0.6) is 0 Å². The van der Waals surface area contributed by atoms with E-state index in [1.807, 2.05) is 20.8 Å². The van der Waals surface area contributed by atoms with Crippen LogP contribution in [0.4, 0.5) is 0 Å². The fourth-order valence-corrected chi connectivity index (χ4v) is 8.00. The maximum absolute atomic E-state index is 12.3. The Hall–Kier alpha value is 0.117. The summed E-state index contributed by atoms with van der Waals surface area (Å²) in [5, 5.41) is 0.769. The van der Waals surface area contributed by atoms with Crippen molar-refractivity contribution in [3.8, 4) is 0 Å². The Kier molecular flexibility index (Phi) is 23.4. The molecular weight excluding hydrogens is 424 g/mol. The van der Waals surface area contributed by atoms with Gasteiger partial charge in [0, 0.05) is 26.2 Å². The monoisotopic (exact) mass is 476 g/mol. The predicted molar refractivity (Wildman–Crippen MR) is 138 cm³/mol. The lowest BCUT2D eigenvalue weighted by molar-refractivity contribution is -0.111. The second-order valence-corrected chi connectivity index (χ2v) is 12.5. The number of thioether (sulfide) groups is 1. The van der Waals surface area contributed by atoms with Gasteiger partial charge in [0.1, 0.15) is 0 Å². The fraction of sp³-hybridized carbons (Fsp3) is 0.960. The van der Waals surface area contributed by atoms with E-state index < -0.39 is 8.80 Å². The number of rotatable bonds is 24. The molecule has 0 spiro atoms. The number of hydrogen-bond donors (Lipinski definition) is 0. The van der Waals surface area contributed by atoms with Gasteiger partial charge >= 0.3 is 8.80 Å². The molecule has 0 aliphatic heterocycles. The van der Waals surface area contributed by atoms with Gasteiger partial charge in [-0.2, -0.15) is 0 Å². The van der Waals surface area contributed by atoms with Crippen LogP contribution >= 0.6 is 11.8 Å². The van der Waals surface area contributed by atoms with E-state index in [0.717, 1.165) is 12.8 Å². The van der Waals surface area contributed by atoms with Crippen LogP contribution in [-0.2, 0) is 18.1 Å². The molecule has 0 bridgehead atoms. The van der Waals surface area contributed by atoms with Crippen molar-refractivity contribution >= 4 is 25.7 Å². The summed E-state index contributed by atoms with van der Waals surface area (Å²) in [5.74, 6) is 0. The minimum atomic E-state index is -2.71. The smallest absolute Gasteiger partial charge is 0.373 e. The van der Waals surface area contributed by atoms with Crippen LogP contribution in [0.25, 0.3) is 0 Å². The second kappa shape index (κ2) is 23.3. The van der Waals surface area contributed by atoms with Crippen molar-refractivity contribution in [1.82, 2.24) is 0 Å². The SMILES string of the molecule is CCCCCCCCCCCCCCCCCC(=O)SC[Si](OCC)(OCC)OCC. The summed E-state index contributed by atoms with van der Waals surface area (Å²) < 4.78 is 17.4. The standard InChI is InChI=1S/C25H52O4SSi/c1-5-9-10-11-12-13-14-15-16-17-18-19-20-21-22-23-25(26)30-24-31(27-6-2,28-7-3)29-8-4/h5-24H2,1-4H3. The average Bonchev–Trinajstić information content (AvgIpc) is 2.75. The minimum Gasteiger partial charge on any atom is -0.373 e. The van der Waals surface area contributed by atoms with Crippen LogP contribution in [0.3, 0.4) is 0 Å². The molecule has 0 N–H and O–H groups in total. The normalized spacial score (nSPS) is 11.9. The fourth-order valence-electron chi connectivity index (χ4n) is 3.79. The minimum absolute atomic E-state index is 0.241. The zero-order valence-electron chi connectivity index (χ0n) is 21.2. The highest BCUT2D eigenvalue weighted by Gasteiger charge is 2.41. The van der Waals surface area contributed by atoms with E-state index in [2.05, 4.69) is 6.92 Å². The van der Waals surface area contributed by atoms with Crippen LogP contribution in [0.2, 0.25) is 0 Å². The average molecular weight is 477 g/mol. The van der Waals surface area contributed by atoms with Crippen molar-refractivity contribution in [3.63, 3.8) is 0 Å². The molecule has 6 heteroatoms. The molecule has 0 saturated carbocycles. The summed E-state index contributed by atoms with van der Waals surface area (Å²) in [6.07, 6.45) is 20.8. The largest absolute Gasteiger partial charge is 0.511 e. The lowest BCUT2D eigenvalue weighted by Gasteiger charge is -2.27. The zero-order valence-corrected chi connectivity index (χ0v) is 23.0. The van der Waals surface area contributed by atoms with Gasteiger partial charge in [0.05, 0.1) is 5.38 Å². The molecule has 0 saturated heterocycles. The molecule has 4 nitrogen and oxygen atoms in total. The Bertz CT molecular complexity index is 379. The van der Waals surface area contributed by atoms with Gasteiger partial charge in [0.2, 0.25) is 0 Å². The van der Waals surface area contributed by atoms with Gasteiger partial charge in [-0.3, -0.25) is 4.79 Å². The lowest BCUT2D eigenvalue weighted by atomic mass is 10.0. The number of carbonyl (C=O) groups is 1. The van der Waals surface area contributed by atoms with Crippen LogP contribution in [-0.4, -0.2) is 39.1 Å². The molecule has 0 amide bonds. The highest BCUT2D eigenvalue weighted by Crippen LogP contribution is 2.20. The van der Waals surface area contributed by atoms with E-state index in [1.54, 1.807) is 0 Å². The Labute approximate surface area is 199 Å². The Balaban J connectivity index is 3.58. The zero-order chi connectivity index (χ0) is 23.0. The van der Waals surface area contributed by atoms with Crippen molar-refractivity contribution in [2.45, 2.75) is 130 Å². The summed E-state index contributed by atoms with van der Waals surface area (Å²) in [6, 6.07) is 0. The molecule has 0 radical (unpaired) electrons. The first kappa shape index (κ1) is 31.1. The molecule has 0 aromatic carbocycles. The Morgan fingerprint density at radius 2 is 0.935 bits per heavy atom. The highest BCUT2D eigenvalue weighted by molar-refractivity contribution is 8.14. The second-order valence-electron chi connectivity index (χ2n) is 8.34. The van der Waals surface area contributed by atoms with E-state index in [9.17, 15) is 4.79 Å². The summed E-state index contributed by atoms with van der Waals surface area (Å²) in [5.41, 5.74) is 0. The van der Waals surface area contributed by atoms with Crippen molar-refractivity contribution in [1.29, 1.82) is 0 Å². The number of hydrogen-bond acceptors (Lipinski definition) is 5. The summed E-state index contributed by atoms with van der Waals surface area (Å²) in [4.78, 5) is 12.3. The molecule has 186 valence electrons. The van der Waals surface area contributed by atoms with Crippen molar-refractivity contribution < 1.29 is 18.1 Å². The Morgan fingerprint density at radius 3 is 1.29 bits per heavy atom. The molecule has 0 heterocycles. The molecular formula is C25H52O4SSi. The van der Waals surface area contributed by atoms with Gasteiger partial charge in [-0.05, 0) is 27.2 Å². The number of unbranched alkanes of at least 4 members (excludes halogenated alkanes) is 14. The molecule has 0 atom stereocenters. The lowest BCUT2D eigenvalue weighted by Crippen LogP contribution is -2.49. The first-order valence-electron chi connectivity index (χ1n) is 13.2. The van der Waals surface area contributed by atoms with E-state index in [1.165, 1.54) is 95.2 Å². The molecule has 31 heavy (non-hydrogen) atoms. The maximum Gasteiger partial charge on any atom is 0.511 e. The molecule has 0 aliphatic rings. The molecule has 0 unspecified atom stereocenters. The van der Waals surface area contributed by atoms with E-state index in [-0.39, 0.29) is 5.12 Å². The Morgan fingerprint density at radius 1 is 0.581 bits per heavy atom. The van der Waals surface area contributed by atoms with Crippen molar-refractivity contribution in [2.75, 3.05) is 25.2 Å². The molecule has 0 fully saturated rings. The van der Waals surface area contributed by atoms with E-state index >= 15 is 0 Å². The van der Waals surface area contributed by atoms with Gasteiger partial charge < -0.3 is 13.3 Å². The third kappa shape index (κ3) is 19.3. The quantitative estimate of drug-likeness (QED) is 0.104. The van der Waals surface area contributed by atoms with Gasteiger partial charge in [0.25, 0.3) is 0 Å². The predicted octanol–water partition coefficient (Wildman–Crippen LogP) is 8.10. The molecule has 0 rings (SSSR count). The maximum atomic E-state index is 12.3. The first-order chi connectivity index (χ1) is 15.1.